The van der Waals surface area contributed by atoms with Gasteiger partial charge in [-0.2, -0.15) is 0 Å². The van der Waals surface area contributed by atoms with Crippen molar-refractivity contribution in [1.82, 2.24) is 0 Å². The third kappa shape index (κ3) is 2.19. The summed E-state index contributed by atoms with van der Waals surface area (Å²) in [5.74, 6) is 1.46. The predicted octanol–water partition coefficient (Wildman–Crippen LogP) is 4.60. The van der Waals surface area contributed by atoms with Crippen LogP contribution in [0.2, 0.25) is 0 Å². The lowest BCUT2D eigenvalue weighted by molar-refractivity contribution is 0.466. The van der Waals surface area contributed by atoms with Gasteiger partial charge in [-0.05, 0) is 50.1 Å². The van der Waals surface area contributed by atoms with Gasteiger partial charge < -0.3 is 9.15 Å². The van der Waals surface area contributed by atoms with Crippen molar-refractivity contribution in [3.63, 3.8) is 0 Å². The zero-order valence-electron chi connectivity index (χ0n) is 7.04. The predicted molar refractivity (Wildman–Crippen MR) is 60.6 cm³/mol. The van der Waals surface area contributed by atoms with E-state index in [2.05, 4.69) is 31.9 Å². The topological polar surface area (TPSA) is 22.4 Å². The maximum atomic E-state index is 5.51. The Bertz CT molecular complexity index is 424. The Kier molecular flexibility index (Phi) is 2.93. The van der Waals surface area contributed by atoms with Gasteiger partial charge in [-0.3, -0.25) is 0 Å². The fourth-order valence-corrected chi connectivity index (χ4v) is 1.59. The number of rotatable bonds is 2. The van der Waals surface area contributed by atoms with Crippen LogP contribution in [0.1, 0.15) is 0 Å². The van der Waals surface area contributed by atoms with Gasteiger partial charge >= 0.3 is 0 Å². The van der Waals surface area contributed by atoms with E-state index in [1.54, 1.807) is 18.6 Å². The Labute approximate surface area is 98.1 Å². The van der Waals surface area contributed by atoms with Crippen molar-refractivity contribution in [1.29, 1.82) is 0 Å². The standard InChI is InChI=1S/C10H6Br2O2/c11-9-2-1-7(5-10(9)12)14-8-3-4-13-6-8/h1-6H. The largest absolute Gasteiger partial charge is 0.469 e. The monoisotopic (exact) mass is 316 g/mol. The second-order valence-electron chi connectivity index (χ2n) is 2.64. The van der Waals surface area contributed by atoms with Crippen molar-refractivity contribution in [2.45, 2.75) is 0 Å². The van der Waals surface area contributed by atoms with Crippen LogP contribution < -0.4 is 4.74 Å². The van der Waals surface area contributed by atoms with Crippen molar-refractivity contribution in [2.24, 2.45) is 0 Å². The first-order valence-corrected chi connectivity index (χ1v) is 5.49. The second kappa shape index (κ2) is 4.19. The molecule has 0 bridgehead atoms. The van der Waals surface area contributed by atoms with Crippen LogP contribution in [-0.2, 0) is 0 Å². The molecule has 14 heavy (non-hydrogen) atoms. The number of benzene rings is 1. The van der Waals surface area contributed by atoms with E-state index in [0.29, 0.717) is 5.75 Å². The van der Waals surface area contributed by atoms with Crippen molar-refractivity contribution in [2.75, 3.05) is 0 Å². The van der Waals surface area contributed by atoms with Crippen molar-refractivity contribution in [3.05, 3.63) is 45.7 Å². The van der Waals surface area contributed by atoms with Crippen LogP contribution in [0, 0.1) is 0 Å². The van der Waals surface area contributed by atoms with E-state index in [0.717, 1.165) is 14.7 Å². The highest BCUT2D eigenvalue weighted by Gasteiger charge is 2.01. The summed E-state index contributed by atoms with van der Waals surface area (Å²) < 4.78 is 12.4. The maximum absolute atomic E-state index is 5.51. The minimum Gasteiger partial charge on any atom is -0.469 e. The van der Waals surface area contributed by atoms with Crippen LogP contribution in [-0.4, -0.2) is 0 Å². The Morgan fingerprint density at radius 2 is 1.86 bits per heavy atom. The summed E-state index contributed by atoms with van der Waals surface area (Å²) in [6, 6.07) is 7.44. The molecule has 0 spiro atoms. The van der Waals surface area contributed by atoms with Gasteiger partial charge in [-0.1, -0.05) is 0 Å². The minimum atomic E-state index is 0.694. The second-order valence-corrected chi connectivity index (χ2v) is 4.35. The molecule has 0 N–H and O–H groups in total. The lowest BCUT2D eigenvalue weighted by atomic mass is 10.3. The number of furan rings is 1. The van der Waals surface area contributed by atoms with Crippen LogP contribution in [0.5, 0.6) is 11.5 Å². The fourth-order valence-electron chi connectivity index (χ4n) is 0.986. The molecule has 2 nitrogen and oxygen atoms in total. The van der Waals surface area contributed by atoms with E-state index in [1.165, 1.54) is 0 Å². The van der Waals surface area contributed by atoms with Crippen molar-refractivity contribution >= 4 is 31.9 Å². The van der Waals surface area contributed by atoms with E-state index in [1.807, 2.05) is 18.2 Å². The molecule has 0 aliphatic rings. The molecule has 2 rings (SSSR count). The minimum absolute atomic E-state index is 0.694. The Morgan fingerprint density at radius 3 is 2.50 bits per heavy atom. The van der Waals surface area contributed by atoms with E-state index < -0.39 is 0 Å². The molecule has 2 aromatic rings. The molecule has 0 aliphatic heterocycles. The Morgan fingerprint density at radius 1 is 1.00 bits per heavy atom. The molecule has 72 valence electrons. The van der Waals surface area contributed by atoms with E-state index in [-0.39, 0.29) is 0 Å². The van der Waals surface area contributed by atoms with Crippen LogP contribution in [0.3, 0.4) is 0 Å². The highest BCUT2D eigenvalue weighted by Crippen LogP contribution is 2.29. The molecular weight excluding hydrogens is 312 g/mol. The molecule has 0 fully saturated rings. The third-order valence-corrected chi connectivity index (χ3v) is 3.50. The molecule has 0 radical (unpaired) electrons. The van der Waals surface area contributed by atoms with Gasteiger partial charge in [0.15, 0.2) is 5.75 Å². The summed E-state index contributed by atoms with van der Waals surface area (Å²) in [4.78, 5) is 0. The van der Waals surface area contributed by atoms with Crippen LogP contribution in [0.25, 0.3) is 0 Å². The molecule has 1 aromatic heterocycles. The normalized spacial score (nSPS) is 10.1. The molecule has 0 saturated carbocycles. The molecule has 0 atom stereocenters. The fraction of sp³-hybridized carbons (Fsp3) is 0. The average Bonchev–Trinajstić information content (AvgIpc) is 2.64. The molecule has 0 amide bonds. The van der Waals surface area contributed by atoms with Gasteiger partial charge in [0.2, 0.25) is 0 Å². The maximum Gasteiger partial charge on any atom is 0.165 e. The molecule has 4 heteroatoms. The van der Waals surface area contributed by atoms with Gasteiger partial charge in [0, 0.05) is 15.0 Å². The smallest absolute Gasteiger partial charge is 0.165 e. The average molecular weight is 318 g/mol. The van der Waals surface area contributed by atoms with E-state index in [9.17, 15) is 0 Å². The highest BCUT2D eigenvalue weighted by molar-refractivity contribution is 9.13. The summed E-state index contributed by atoms with van der Waals surface area (Å²) >= 11 is 6.79. The molecule has 1 heterocycles. The molecule has 0 unspecified atom stereocenters. The third-order valence-electron chi connectivity index (χ3n) is 1.62. The zero-order valence-corrected chi connectivity index (χ0v) is 10.2. The lowest BCUT2D eigenvalue weighted by Crippen LogP contribution is -1.81. The van der Waals surface area contributed by atoms with E-state index >= 15 is 0 Å². The highest BCUT2D eigenvalue weighted by atomic mass is 79.9. The zero-order chi connectivity index (χ0) is 9.97. The molecule has 0 aliphatic carbocycles. The summed E-state index contributed by atoms with van der Waals surface area (Å²) in [5.41, 5.74) is 0. The van der Waals surface area contributed by atoms with Gasteiger partial charge in [-0.15, -0.1) is 0 Å². The Balaban J connectivity index is 2.22. The molecule has 0 saturated heterocycles. The SMILES string of the molecule is Brc1ccc(Oc2ccoc2)cc1Br. The van der Waals surface area contributed by atoms with Gasteiger partial charge in [0.1, 0.15) is 12.0 Å². The Hall–Kier alpha value is -0.740. The van der Waals surface area contributed by atoms with Gasteiger partial charge in [-0.25, -0.2) is 0 Å². The van der Waals surface area contributed by atoms with Crippen LogP contribution in [0.15, 0.2) is 50.2 Å². The number of hydrogen-bond donors (Lipinski definition) is 0. The molecular formula is C10H6Br2O2. The van der Waals surface area contributed by atoms with Gasteiger partial charge in [0.05, 0.1) is 6.26 Å². The first kappa shape index (κ1) is 9.80. The summed E-state index contributed by atoms with van der Waals surface area (Å²) in [7, 11) is 0. The number of hydrogen-bond acceptors (Lipinski definition) is 2. The summed E-state index contributed by atoms with van der Waals surface area (Å²) in [6.07, 6.45) is 3.12. The van der Waals surface area contributed by atoms with Crippen LogP contribution in [0.4, 0.5) is 0 Å². The van der Waals surface area contributed by atoms with E-state index in [4.69, 9.17) is 9.15 Å². The first-order valence-electron chi connectivity index (χ1n) is 3.91. The summed E-state index contributed by atoms with van der Waals surface area (Å²) in [6.45, 7) is 0. The van der Waals surface area contributed by atoms with Crippen LogP contribution >= 0.6 is 31.9 Å². The number of halogens is 2. The molecule has 1 aromatic carbocycles. The van der Waals surface area contributed by atoms with Crippen molar-refractivity contribution in [3.8, 4) is 11.5 Å². The number of ether oxygens (including phenoxy) is 1. The van der Waals surface area contributed by atoms with Crippen molar-refractivity contribution < 1.29 is 9.15 Å². The quantitative estimate of drug-likeness (QED) is 0.808. The lowest BCUT2D eigenvalue weighted by Gasteiger charge is -2.03. The first-order chi connectivity index (χ1) is 6.75. The van der Waals surface area contributed by atoms with Gasteiger partial charge in [0.25, 0.3) is 0 Å². The summed E-state index contributed by atoms with van der Waals surface area (Å²) in [5, 5.41) is 0.